The van der Waals surface area contributed by atoms with Gasteiger partial charge in [-0.15, -0.1) is 13.2 Å². The van der Waals surface area contributed by atoms with Gasteiger partial charge < -0.3 is 20.7 Å². The second kappa shape index (κ2) is 6.81. The molecule has 1 aromatic carbocycles. The zero-order valence-corrected chi connectivity index (χ0v) is 11.0. The van der Waals surface area contributed by atoms with Crippen LogP contribution < -0.4 is 10.5 Å². The molecule has 2 atom stereocenters. The van der Waals surface area contributed by atoms with E-state index in [9.17, 15) is 23.4 Å². The second-order valence-corrected chi connectivity index (χ2v) is 4.50. The van der Waals surface area contributed by atoms with E-state index in [2.05, 4.69) is 4.74 Å². The van der Waals surface area contributed by atoms with Gasteiger partial charge in [-0.1, -0.05) is 19.8 Å². The molecule has 0 amide bonds. The number of alkyl halides is 3. The van der Waals surface area contributed by atoms with Crippen LogP contribution in [0.4, 0.5) is 13.2 Å². The van der Waals surface area contributed by atoms with Crippen molar-refractivity contribution in [3.8, 4) is 11.5 Å². The molecule has 0 aliphatic rings. The van der Waals surface area contributed by atoms with Crippen molar-refractivity contribution >= 4 is 0 Å². The molecule has 1 rings (SSSR count). The molecule has 0 saturated heterocycles. The number of phenolic OH excluding ortho intramolecular Hbond substituents is 1. The number of aromatic hydroxyl groups is 1. The van der Waals surface area contributed by atoms with Crippen LogP contribution in [0.3, 0.4) is 0 Å². The highest BCUT2D eigenvalue weighted by Gasteiger charge is 2.31. The lowest BCUT2D eigenvalue weighted by molar-refractivity contribution is -0.274. The van der Waals surface area contributed by atoms with Crippen LogP contribution in [0.5, 0.6) is 11.5 Å². The van der Waals surface area contributed by atoms with Crippen LogP contribution in [-0.2, 0) is 0 Å². The van der Waals surface area contributed by atoms with Crippen LogP contribution in [0.2, 0.25) is 0 Å². The van der Waals surface area contributed by atoms with Crippen LogP contribution in [0.15, 0.2) is 18.2 Å². The minimum absolute atomic E-state index is 0.0235. The van der Waals surface area contributed by atoms with Gasteiger partial charge in [-0.25, -0.2) is 0 Å². The first-order valence-corrected chi connectivity index (χ1v) is 6.27. The predicted molar refractivity (Wildman–Crippen MR) is 67.3 cm³/mol. The summed E-state index contributed by atoms with van der Waals surface area (Å²) in [6, 6.07) is 2.06. The Morgan fingerprint density at radius 3 is 2.55 bits per heavy atom. The Kier molecular flexibility index (Phi) is 5.64. The molecule has 1 aromatic rings. The number of aliphatic hydroxyl groups excluding tert-OH is 1. The van der Waals surface area contributed by atoms with E-state index in [1.807, 2.05) is 6.92 Å². The van der Waals surface area contributed by atoms with Gasteiger partial charge in [-0.3, -0.25) is 0 Å². The highest BCUT2D eigenvalue weighted by atomic mass is 19.4. The summed E-state index contributed by atoms with van der Waals surface area (Å²) in [5.74, 6) is -0.758. The smallest absolute Gasteiger partial charge is 0.508 e. The predicted octanol–water partition coefficient (Wildman–Crippen LogP) is 2.84. The van der Waals surface area contributed by atoms with Crippen molar-refractivity contribution < 1.29 is 28.1 Å². The van der Waals surface area contributed by atoms with Crippen molar-refractivity contribution in [2.75, 3.05) is 0 Å². The lowest BCUT2D eigenvalue weighted by Crippen LogP contribution is -2.26. The molecule has 0 heterocycles. The van der Waals surface area contributed by atoms with Crippen molar-refractivity contribution in [2.45, 2.75) is 44.7 Å². The minimum Gasteiger partial charge on any atom is -0.508 e. The molecule has 0 aliphatic heterocycles. The number of hydrogen-bond donors (Lipinski definition) is 3. The molecule has 0 aromatic heterocycles. The number of phenols is 1. The summed E-state index contributed by atoms with van der Waals surface area (Å²) in [6.07, 6.45) is -3.77. The zero-order valence-electron chi connectivity index (χ0n) is 11.0. The Hall–Kier alpha value is -1.47. The van der Waals surface area contributed by atoms with Crippen molar-refractivity contribution in [1.29, 1.82) is 0 Å². The maximum Gasteiger partial charge on any atom is 0.573 e. The summed E-state index contributed by atoms with van der Waals surface area (Å²) in [6.45, 7) is 1.94. The Bertz CT molecular complexity index is 437. The summed E-state index contributed by atoms with van der Waals surface area (Å²) < 4.78 is 40.2. The molecule has 0 aliphatic carbocycles. The normalized spacial score (nSPS) is 14.9. The Morgan fingerprint density at radius 2 is 2.00 bits per heavy atom. The number of aliphatic hydroxyl groups is 1. The highest BCUT2D eigenvalue weighted by Crippen LogP contribution is 2.32. The number of ether oxygens (including phenoxy) is 1. The molecule has 0 spiro atoms. The van der Waals surface area contributed by atoms with E-state index in [4.69, 9.17) is 5.73 Å². The van der Waals surface area contributed by atoms with Crippen LogP contribution in [-0.4, -0.2) is 22.7 Å². The molecular weight excluding hydrogens is 275 g/mol. The molecule has 4 nitrogen and oxygen atoms in total. The molecule has 0 saturated carbocycles. The van der Waals surface area contributed by atoms with Gasteiger partial charge in [0.2, 0.25) is 0 Å². The van der Waals surface area contributed by atoms with E-state index in [0.717, 1.165) is 31.0 Å². The SMILES string of the molecule is CCCC[C@@H](O)[C@@H](N)c1cc(OC(F)(F)F)ccc1O. The van der Waals surface area contributed by atoms with Crippen LogP contribution in [0.1, 0.15) is 37.8 Å². The third-order valence-corrected chi connectivity index (χ3v) is 2.86. The Balaban J connectivity index is 2.90. The lowest BCUT2D eigenvalue weighted by atomic mass is 9.97. The van der Waals surface area contributed by atoms with Gasteiger partial charge >= 0.3 is 6.36 Å². The molecule has 0 radical (unpaired) electrons. The molecule has 114 valence electrons. The summed E-state index contributed by atoms with van der Waals surface area (Å²) in [5, 5.41) is 19.5. The van der Waals surface area contributed by atoms with E-state index >= 15 is 0 Å². The molecule has 4 N–H and O–H groups in total. The van der Waals surface area contributed by atoms with Gasteiger partial charge in [-0.2, -0.15) is 0 Å². The van der Waals surface area contributed by atoms with Gasteiger partial charge in [-0.05, 0) is 24.6 Å². The van der Waals surface area contributed by atoms with E-state index in [1.54, 1.807) is 0 Å². The molecule has 0 fully saturated rings. The van der Waals surface area contributed by atoms with Crippen molar-refractivity contribution in [1.82, 2.24) is 0 Å². The second-order valence-electron chi connectivity index (χ2n) is 4.50. The quantitative estimate of drug-likeness (QED) is 0.754. The van der Waals surface area contributed by atoms with Crippen LogP contribution >= 0.6 is 0 Å². The average Bonchev–Trinajstić information content (AvgIpc) is 2.35. The first-order chi connectivity index (χ1) is 9.24. The number of benzene rings is 1. The summed E-state index contributed by atoms with van der Waals surface area (Å²) in [5.41, 5.74) is 5.79. The van der Waals surface area contributed by atoms with E-state index < -0.39 is 24.3 Å². The summed E-state index contributed by atoms with van der Waals surface area (Å²) in [4.78, 5) is 0. The van der Waals surface area contributed by atoms with Crippen molar-refractivity contribution in [3.05, 3.63) is 23.8 Å². The fourth-order valence-electron chi connectivity index (χ4n) is 1.80. The average molecular weight is 293 g/mol. The van der Waals surface area contributed by atoms with Gasteiger partial charge in [0.15, 0.2) is 0 Å². The number of rotatable bonds is 6. The molecule has 0 bridgehead atoms. The number of hydrogen-bond acceptors (Lipinski definition) is 4. The fraction of sp³-hybridized carbons (Fsp3) is 0.538. The standard InChI is InChI=1S/C13H18F3NO3/c1-2-3-4-11(19)12(17)9-7-8(5-6-10(9)18)20-13(14,15)16/h5-7,11-12,18-19H,2-4,17H2,1H3/t11-,12+/m1/s1. The molecule has 0 unspecified atom stereocenters. The largest absolute Gasteiger partial charge is 0.573 e. The van der Waals surface area contributed by atoms with Gasteiger partial charge in [0.25, 0.3) is 0 Å². The van der Waals surface area contributed by atoms with Crippen molar-refractivity contribution in [3.63, 3.8) is 0 Å². The maximum absolute atomic E-state index is 12.1. The van der Waals surface area contributed by atoms with Crippen LogP contribution in [0, 0.1) is 0 Å². The summed E-state index contributed by atoms with van der Waals surface area (Å²) >= 11 is 0. The molecule has 20 heavy (non-hydrogen) atoms. The monoisotopic (exact) mass is 293 g/mol. The third-order valence-electron chi connectivity index (χ3n) is 2.86. The molecular formula is C13H18F3NO3. The number of unbranched alkanes of at least 4 members (excludes halogenated alkanes) is 1. The third kappa shape index (κ3) is 4.90. The highest BCUT2D eigenvalue weighted by molar-refractivity contribution is 5.41. The Morgan fingerprint density at radius 1 is 1.35 bits per heavy atom. The Labute approximate surface area is 115 Å². The first kappa shape index (κ1) is 16.6. The topological polar surface area (TPSA) is 75.7 Å². The zero-order chi connectivity index (χ0) is 15.3. The minimum atomic E-state index is -4.82. The van der Waals surface area contributed by atoms with E-state index in [-0.39, 0.29) is 11.3 Å². The lowest BCUT2D eigenvalue weighted by Gasteiger charge is -2.21. The maximum atomic E-state index is 12.1. The fourth-order valence-corrected chi connectivity index (χ4v) is 1.80. The van der Waals surface area contributed by atoms with E-state index in [0.29, 0.717) is 6.42 Å². The summed E-state index contributed by atoms with van der Waals surface area (Å²) in [7, 11) is 0. The molecule has 7 heteroatoms. The van der Waals surface area contributed by atoms with Gasteiger partial charge in [0.1, 0.15) is 11.5 Å². The van der Waals surface area contributed by atoms with Crippen LogP contribution in [0.25, 0.3) is 0 Å². The number of halogens is 3. The van der Waals surface area contributed by atoms with Gasteiger partial charge in [0, 0.05) is 5.56 Å². The van der Waals surface area contributed by atoms with Gasteiger partial charge in [0.05, 0.1) is 12.1 Å². The number of nitrogens with two attached hydrogens (primary N) is 1. The van der Waals surface area contributed by atoms with E-state index in [1.165, 1.54) is 0 Å². The first-order valence-electron chi connectivity index (χ1n) is 6.27. The van der Waals surface area contributed by atoms with Crippen molar-refractivity contribution in [2.24, 2.45) is 5.73 Å².